The van der Waals surface area contributed by atoms with Gasteiger partial charge in [-0.15, -0.1) is 0 Å². The van der Waals surface area contributed by atoms with E-state index in [1.165, 1.54) is 0 Å². The van der Waals surface area contributed by atoms with Gasteiger partial charge in [0.25, 0.3) is 11.8 Å². The molecule has 0 saturated carbocycles. The van der Waals surface area contributed by atoms with Gasteiger partial charge in [-0.05, 0) is 36.4 Å². The van der Waals surface area contributed by atoms with E-state index in [0.29, 0.717) is 42.7 Å². The summed E-state index contributed by atoms with van der Waals surface area (Å²) in [7, 11) is 1.60. The fraction of sp³-hybridized carbons (Fsp3) is 0.250. The van der Waals surface area contributed by atoms with Gasteiger partial charge in [-0.2, -0.15) is 4.98 Å². The Hall–Kier alpha value is -3.19. The third-order valence-electron chi connectivity index (χ3n) is 4.44. The molecule has 2 heterocycles. The van der Waals surface area contributed by atoms with Crippen molar-refractivity contribution in [3.8, 4) is 17.2 Å². The first-order chi connectivity index (χ1) is 13.2. The SMILES string of the molecule is COc1ccc(C(=O)N2CCO[C@H](c3noc(-c4ccccc4)n3)C2)cc1. The molecule has 2 aromatic carbocycles. The monoisotopic (exact) mass is 365 g/mol. The highest BCUT2D eigenvalue weighted by Gasteiger charge is 2.29. The van der Waals surface area contributed by atoms with Gasteiger partial charge in [-0.25, -0.2) is 0 Å². The Morgan fingerprint density at radius 3 is 2.67 bits per heavy atom. The molecule has 1 saturated heterocycles. The second-order valence-corrected chi connectivity index (χ2v) is 6.16. The molecule has 0 N–H and O–H groups in total. The predicted molar refractivity (Wildman–Crippen MR) is 97.3 cm³/mol. The number of aromatic nitrogens is 2. The summed E-state index contributed by atoms with van der Waals surface area (Å²) in [6.07, 6.45) is -0.415. The number of methoxy groups -OCH3 is 1. The first kappa shape index (κ1) is 17.2. The average molecular weight is 365 g/mol. The molecule has 1 amide bonds. The molecular weight excluding hydrogens is 346 g/mol. The predicted octanol–water partition coefficient (Wildman–Crippen LogP) is 2.96. The molecule has 7 nitrogen and oxygen atoms in total. The number of amides is 1. The zero-order valence-corrected chi connectivity index (χ0v) is 14.9. The van der Waals surface area contributed by atoms with Crippen molar-refractivity contribution in [2.45, 2.75) is 6.10 Å². The molecule has 138 valence electrons. The van der Waals surface area contributed by atoms with Crippen LogP contribution in [0.5, 0.6) is 5.75 Å². The lowest BCUT2D eigenvalue weighted by atomic mass is 10.1. The molecule has 4 rings (SSSR count). The van der Waals surface area contributed by atoms with Crippen molar-refractivity contribution in [2.75, 3.05) is 26.8 Å². The topological polar surface area (TPSA) is 77.7 Å². The Labute approximate surface area is 156 Å². The molecule has 7 heteroatoms. The van der Waals surface area contributed by atoms with E-state index in [9.17, 15) is 4.79 Å². The van der Waals surface area contributed by atoms with Crippen LogP contribution in [0.15, 0.2) is 59.1 Å². The number of morpholine rings is 1. The van der Waals surface area contributed by atoms with E-state index in [-0.39, 0.29) is 5.91 Å². The van der Waals surface area contributed by atoms with Gasteiger partial charge >= 0.3 is 0 Å². The first-order valence-electron chi connectivity index (χ1n) is 8.68. The number of carbonyl (C=O) groups excluding carboxylic acids is 1. The van der Waals surface area contributed by atoms with Crippen molar-refractivity contribution in [1.29, 1.82) is 0 Å². The van der Waals surface area contributed by atoms with E-state index in [1.54, 1.807) is 36.3 Å². The summed E-state index contributed by atoms with van der Waals surface area (Å²) in [5.74, 6) is 1.54. The molecule has 1 aliphatic rings. The van der Waals surface area contributed by atoms with Crippen LogP contribution < -0.4 is 4.74 Å². The molecule has 1 aromatic heterocycles. The lowest BCUT2D eigenvalue weighted by molar-refractivity contribution is -0.0276. The van der Waals surface area contributed by atoms with Crippen LogP contribution in [-0.2, 0) is 4.74 Å². The normalized spacial score (nSPS) is 16.9. The zero-order valence-electron chi connectivity index (χ0n) is 14.9. The molecule has 1 atom stereocenters. The Morgan fingerprint density at radius 2 is 1.93 bits per heavy atom. The highest BCUT2D eigenvalue weighted by Crippen LogP contribution is 2.24. The van der Waals surface area contributed by atoms with E-state index >= 15 is 0 Å². The average Bonchev–Trinajstić information content (AvgIpc) is 3.24. The number of hydrogen-bond donors (Lipinski definition) is 0. The lowest BCUT2D eigenvalue weighted by Gasteiger charge is -2.31. The van der Waals surface area contributed by atoms with E-state index in [4.69, 9.17) is 14.0 Å². The number of carbonyl (C=O) groups is 1. The molecule has 3 aromatic rings. The van der Waals surface area contributed by atoms with Crippen LogP contribution in [0.2, 0.25) is 0 Å². The molecule has 0 radical (unpaired) electrons. The van der Waals surface area contributed by atoms with E-state index in [2.05, 4.69) is 10.1 Å². The van der Waals surface area contributed by atoms with Crippen LogP contribution in [0.1, 0.15) is 22.3 Å². The van der Waals surface area contributed by atoms with Gasteiger partial charge < -0.3 is 18.9 Å². The maximum Gasteiger partial charge on any atom is 0.258 e. The van der Waals surface area contributed by atoms with Gasteiger partial charge in [-0.3, -0.25) is 4.79 Å². The summed E-state index contributed by atoms with van der Waals surface area (Å²) in [6.45, 7) is 1.31. The highest BCUT2D eigenvalue weighted by atomic mass is 16.5. The summed E-state index contributed by atoms with van der Waals surface area (Å²) in [6, 6.07) is 16.6. The van der Waals surface area contributed by atoms with Gasteiger partial charge in [0.1, 0.15) is 11.9 Å². The van der Waals surface area contributed by atoms with Crippen molar-refractivity contribution in [3.05, 3.63) is 66.0 Å². The highest BCUT2D eigenvalue weighted by molar-refractivity contribution is 5.94. The molecule has 0 aliphatic carbocycles. The second-order valence-electron chi connectivity index (χ2n) is 6.16. The summed E-state index contributed by atoms with van der Waals surface area (Å²) >= 11 is 0. The Balaban J connectivity index is 1.48. The van der Waals surface area contributed by atoms with E-state index in [0.717, 1.165) is 5.56 Å². The number of benzene rings is 2. The summed E-state index contributed by atoms with van der Waals surface area (Å²) in [5.41, 5.74) is 1.45. The Bertz CT molecular complexity index is 908. The first-order valence-corrected chi connectivity index (χ1v) is 8.68. The maximum atomic E-state index is 12.8. The number of hydrogen-bond acceptors (Lipinski definition) is 6. The van der Waals surface area contributed by atoms with Crippen molar-refractivity contribution < 1.29 is 18.8 Å². The van der Waals surface area contributed by atoms with Crippen LogP contribution in [0, 0.1) is 0 Å². The Morgan fingerprint density at radius 1 is 1.15 bits per heavy atom. The van der Waals surface area contributed by atoms with Gasteiger partial charge in [0.05, 0.1) is 20.3 Å². The van der Waals surface area contributed by atoms with Crippen LogP contribution in [-0.4, -0.2) is 47.8 Å². The minimum Gasteiger partial charge on any atom is -0.497 e. The zero-order chi connectivity index (χ0) is 18.6. The Kier molecular flexibility index (Phi) is 4.84. The molecule has 0 spiro atoms. The molecule has 27 heavy (non-hydrogen) atoms. The molecular formula is C20H19N3O4. The van der Waals surface area contributed by atoms with Crippen molar-refractivity contribution in [2.24, 2.45) is 0 Å². The van der Waals surface area contributed by atoms with Crippen LogP contribution >= 0.6 is 0 Å². The van der Waals surface area contributed by atoms with Gasteiger partial charge in [-0.1, -0.05) is 23.4 Å². The van der Waals surface area contributed by atoms with Crippen LogP contribution in [0.3, 0.4) is 0 Å². The van der Waals surface area contributed by atoms with E-state index in [1.807, 2.05) is 30.3 Å². The smallest absolute Gasteiger partial charge is 0.258 e. The molecule has 0 unspecified atom stereocenters. The molecule has 0 bridgehead atoms. The second kappa shape index (κ2) is 7.59. The third-order valence-corrected chi connectivity index (χ3v) is 4.44. The molecule has 1 fully saturated rings. The minimum atomic E-state index is -0.415. The molecule has 1 aliphatic heterocycles. The van der Waals surface area contributed by atoms with Gasteiger partial charge in [0, 0.05) is 17.7 Å². The van der Waals surface area contributed by atoms with Crippen molar-refractivity contribution in [3.63, 3.8) is 0 Å². The van der Waals surface area contributed by atoms with Crippen molar-refractivity contribution in [1.82, 2.24) is 15.0 Å². The number of ether oxygens (including phenoxy) is 2. The fourth-order valence-electron chi connectivity index (χ4n) is 2.97. The standard InChI is InChI=1S/C20H19N3O4/c1-25-16-9-7-15(8-10-16)20(24)23-11-12-26-17(13-23)18-21-19(27-22-18)14-5-3-2-4-6-14/h2-10,17H,11-13H2,1H3/t17-/m0/s1. The van der Waals surface area contributed by atoms with Crippen molar-refractivity contribution >= 4 is 5.91 Å². The summed E-state index contributed by atoms with van der Waals surface area (Å²) < 4.78 is 16.3. The third kappa shape index (κ3) is 3.68. The summed E-state index contributed by atoms with van der Waals surface area (Å²) in [4.78, 5) is 18.9. The largest absolute Gasteiger partial charge is 0.497 e. The lowest BCUT2D eigenvalue weighted by Crippen LogP contribution is -2.42. The number of nitrogens with zero attached hydrogens (tertiary/aromatic N) is 3. The fourth-order valence-corrected chi connectivity index (χ4v) is 2.97. The minimum absolute atomic E-state index is 0.0577. The maximum absolute atomic E-state index is 12.8. The van der Waals surface area contributed by atoms with Gasteiger partial charge in [0.2, 0.25) is 5.82 Å². The number of rotatable bonds is 4. The quantitative estimate of drug-likeness (QED) is 0.707. The van der Waals surface area contributed by atoms with E-state index < -0.39 is 6.10 Å². The summed E-state index contributed by atoms with van der Waals surface area (Å²) in [5, 5.41) is 4.04. The van der Waals surface area contributed by atoms with Gasteiger partial charge in [0.15, 0.2) is 0 Å². The van der Waals surface area contributed by atoms with Crippen LogP contribution in [0.4, 0.5) is 0 Å². The van der Waals surface area contributed by atoms with Crippen LogP contribution in [0.25, 0.3) is 11.5 Å².